The van der Waals surface area contributed by atoms with Crippen molar-refractivity contribution >= 4 is 17.9 Å². The maximum atomic E-state index is 13.8. The highest BCUT2D eigenvalue weighted by atomic mass is 16.6. The third kappa shape index (κ3) is 10.6. The Morgan fingerprint density at radius 1 is 1.00 bits per heavy atom. The first-order chi connectivity index (χ1) is 16.7. The van der Waals surface area contributed by atoms with Gasteiger partial charge < -0.3 is 20.3 Å². The van der Waals surface area contributed by atoms with Gasteiger partial charge in [0.05, 0.1) is 0 Å². The molecule has 0 spiro atoms. The summed E-state index contributed by atoms with van der Waals surface area (Å²) in [6.07, 6.45) is 2.80. The van der Waals surface area contributed by atoms with Gasteiger partial charge in [0.25, 0.3) is 0 Å². The molecular formula is C29H49N3O4. The van der Waals surface area contributed by atoms with Crippen LogP contribution in [0.2, 0.25) is 0 Å². The fraction of sp³-hybridized carbons (Fsp3) is 0.690. The molecule has 0 aliphatic heterocycles. The lowest BCUT2D eigenvalue weighted by atomic mass is 9.94. The Kier molecular flexibility index (Phi) is 12.4. The summed E-state index contributed by atoms with van der Waals surface area (Å²) in [6.45, 7) is 19.4. The van der Waals surface area contributed by atoms with Crippen molar-refractivity contribution in [3.8, 4) is 0 Å². The van der Waals surface area contributed by atoms with Crippen molar-refractivity contribution in [3.63, 3.8) is 0 Å². The summed E-state index contributed by atoms with van der Waals surface area (Å²) in [4.78, 5) is 41.4. The van der Waals surface area contributed by atoms with Crippen molar-refractivity contribution in [2.75, 3.05) is 6.54 Å². The van der Waals surface area contributed by atoms with Gasteiger partial charge >= 0.3 is 6.09 Å². The molecule has 0 heterocycles. The summed E-state index contributed by atoms with van der Waals surface area (Å²) < 4.78 is 5.31. The number of carbonyl (C=O) groups is 3. The van der Waals surface area contributed by atoms with Crippen LogP contribution in [0.5, 0.6) is 0 Å². The highest BCUT2D eigenvalue weighted by molar-refractivity contribution is 5.91. The zero-order valence-electron chi connectivity index (χ0n) is 24.2. The largest absolute Gasteiger partial charge is 0.444 e. The quantitative estimate of drug-likeness (QED) is 0.376. The molecule has 1 aromatic rings. The molecule has 204 valence electrons. The number of hydrogen-bond acceptors (Lipinski definition) is 4. The molecule has 3 unspecified atom stereocenters. The minimum atomic E-state index is -0.806. The molecule has 0 radical (unpaired) electrons. The van der Waals surface area contributed by atoms with Crippen LogP contribution in [0.1, 0.15) is 104 Å². The summed E-state index contributed by atoms with van der Waals surface area (Å²) in [5.74, 6) is -0.0624. The van der Waals surface area contributed by atoms with Crippen LogP contribution >= 0.6 is 0 Å². The van der Waals surface area contributed by atoms with E-state index in [1.54, 1.807) is 25.7 Å². The monoisotopic (exact) mass is 503 g/mol. The molecule has 36 heavy (non-hydrogen) atoms. The molecule has 1 rings (SSSR count). The maximum absolute atomic E-state index is 13.8. The number of aryl methyl sites for hydroxylation is 2. The fourth-order valence-electron chi connectivity index (χ4n) is 4.29. The molecule has 2 N–H and O–H groups in total. The summed E-state index contributed by atoms with van der Waals surface area (Å²) in [5.41, 5.74) is 2.16. The highest BCUT2D eigenvalue weighted by Crippen LogP contribution is 2.29. The van der Waals surface area contributed by atoms with Crippen LogP contribution in [0.4, 0.5) is 4.79 Å². The molecule has 7 nitrogen and oxygen atoms in total. The summed E-state index contributed by atoms with van der Waals surface area (Å²) in [6, 6.07) is 4.91. The van der Waals surface area contributed by atoms with E-state index in [1.165, 1.54) is 0 Å². The van der Waals surface area contributed by atoms with E-state index in [9.17, 15) is 14.4 Å². The zero-order chi connectivity index (χ0) is 27.6. The van der Waals surface area contributed by atoms with Gasteiger partial charge in [0.2, 0.25) is 11.8 Å². The molecule has 0 saturated heterocycles. The minimum Gasteiger partial charge on any atom is -0.444 e. The summed E-state index contributed by atoms with van der Waals surface area (Å²) in [5, 5.41) is 5.71. The van der Waals surface area contributed by atoms with Crippen molar-refractivity contribution in [2.24, 2.45) is 5.92 Å². The van der Waals surface area contributed by atoms with Gasteiger partial charge in [0.1, 0.15) is 18.2 Å². The Labute approximate surface area is 218 Å². The van der Waals surface area contributed by atoms with Gasteiger partial charge in [0, 0.05) is 12.1 Å². The first kappa shape index (κ1) is 31.5. The molecule has 0 saturated carbocycles. The first-order valence-electron chi connectivity index (χ1n) is 13.3. The lowest BCUT2D eigenvalue weighted by Crippen LogP contribution is -2.52. The van der Waals surface area contributed by atoms with E-state index in [-0.39, 0.29) is 30.4 Å². The second-order valence-electron chi connectivity index (χ2n) is 11.4. The average Bonchev–Trinajstić information content (AvgIpc) is 2.73. The van der Waals surface area contributed by atoms with E-state index in [1.807, 2.05) is 45.9 Å². The predicted octanol–water partition coefficient (Wildman–Crippen LogP) is 5.83. The number of carbonyl (C=O) groups excluding carboxylic acids is 3. The second-order valence-corrected chi connectivity index (χ2v) is 11.4. The van der Waals surface area contributed by atoms with Gasteiger partial charge in [-0.2, -0.15) is 0 Å². The highest BCUT2D eigenvalue weighted by Gasteiger charge is 2.36. The third-order valence-electron chi connectivity index (χ3n) is 6.06. The van der Waals surface area contributed by atoms with Crippen molar-refractivity contribution in [3.05, 3.63) is 34.9 Å². The lowest BCUT2D eigenvalue weighted by Gasteiger charge is -2.38. The van der Waals surface area contributed by atoms with E-state index >= 15 is 0 Å². The van der Waals surface area contributed by atoms with Gasteiger partial charge in [0.15, 0.2) is 0 Å². The standard InChI is InChI=1S/C29H49N3O4/c1-11-12-22(6)31-27(34)26(24-16-14-20(4)17-21(24)5)32(23(7)15-13-19(2)3)25(33)18-30-28(35)36-29(8,9)10/h14,16-17,19,22-23,26H,11-13,15,18H2,1-10H3,(H,30,35)(H,31,34). The fourth-order valence-corrected chi connectivity index (χ4v) is 4.29. The smallest absolute Gasteiger partial charge is 0.408 e. The number of benzene rings is 1. The molecule has 3 amide bonds. The van der Waals surface area contributed by atoms with E-state index < -0.39 is 17.7 Å². The van der Waals surface area contributed by atoms with Crippen LogP contribution in [0.25, 0.3) is 0 Å². The minimum absolute atomic E-state index is 0.0152. The molecule has 0 bridgehead atoms. The van der Waals surface area contributed by atoms with Crippen molar-refractivity contribution in [1.82, 2.24) is 15.5 Å². The number of alkyl carbamates (subject to hydrolysis) is 1. The Bertz CT molecular complexity index is 876. The van der Waals surface area contributed by atoms with E-state index in [2.05, 4.69) is 31.4 Å². The number of amides is 3. The Balaban J connectivity index is 3.42. The maximum Gasteiger partial charge on any atom is 0.408 e. The number of ether oxygens (including phenoxy) is 1. The first-order valence-corrected chi connectivity index (χ1v) is 13.3. The van der Waals surface area contributed by atoms with Crippen LogP contribution in [0, 0.1) is 19.8 Å². The zero-order valence-corrected chi connectivity index (χ0v) is 24.2. The van der Waals surface area contributed by atoms with Crippen LogP contribution < -0.4 is 10.6 Å². The van der Waals surface area contributed by atoms with E-state index in [0.717, 1.165) is 42.4 Å². The summed E-state index contributed by atoms with van der Waals surface area (Å²) >= 11 is 0. The second kappa shape index (κ2) is 14.2. The van der Waals surface area contributed by atoms with Crippen molar-refractivity contribution < 1.29 is 19.1 Å². The molecule has 7 heteroatoms. The predicted molar refractivity (Wildman–Crippen MR) is 146 cm³/mol. The van der Waals surface area contributed by atoms with Gasteiger partial charge in [-0.3, -0.25) is 9.59 Å². The number of hydrogen-bond donors (Lipinski definition) is 2. The Morgan fingerprint density at radius 2 is 1.64 bits per heavy atom. The summed E-state index contributed by atoms with van der Waals surface area (Å²) in [7, 11) is 0. The molecule has 0 aromatic heterocycles. The Morgan fingerprint density at radius 3 is 2.17 bits per heavy atom. The van der Waals surface area contributed by atoms with Crippen molar-refractivity contribution in [1.29, 1.82) is 0 Å². The number of rotatable bonds is 12. The lowest BCUT2D eigenvalue weighted by molar-refractivity contribution is -0.143. The SMILES string of the molecule is CCCC(C)NC(=O)C(c1ccc(C)cc1C)N(C(=O)CNC(=O)OC(C)(C)C)C(C)CCC(C)C. The molecule has 0 aliphatic rings. The van der Waals surface area contributed by atoms with Gasteiger partial charge in [-0.15, -0.1) is 0 Å². The van der Waals surface area contributed by atoms with E-state index in [0.29, 0.717) is 5.92 Å². The van der Waals surface area contributed by atoms with Crippen LogP contribution in [-0.4, -0.2) is 47.0 Å². The van der Waals surface area contributed by atoms with Crippen molar-refractivity contribution in [2.45, 2.75) is 119 Å². The van der Waals surface area contributed by atoms with Gasteiger partial charge in [-0.05, 0) is 84.8 Å². The van der Waals surface area contributed by atoms with Crippen LogP contribution in [0.3, 0.4) is 0 Å². The van der Waals surface area contributed by atoms with Crippen LogP contribution in [0.15, 0.2) is 18.2 Å². The van der Waals surface area contributed by atoms with Crippen LogP contribution in [-0.2, 0) is 14.3 Å². The van der Waals surface area contributed by atoms with Gasteiger partial charge in [-0.25, -0.2) is 4.79 Å². The number of nitrogens with one attached hydrogen (secondary N) is 2. The molecule has 0 fully saturated rings. The topological polar surface area (TPSA) is 87.7 Å². The molecule has 1 aromatic carbocycles. The van der Waals surface area contributed by atoms with E-state index in [4.69, 9.17) is 4.74 Å². The average molecular weight is 504 g/mol. The molecular weight excluding hydrogens is 454 g/mol. The number of nitrogens with zero attached hydrogens (tertiary/aromatic N) is 1. The molecule has 3 atom stereocenters. The normalized spacial score (nSPS) is 14.1. The van der Waals surface area contributed by atoms with Gasteiger partial charge in [-0.1, -0.05) is 51.0 Å². The third-order valence-corrected chi connectivity index (χ3v) is 6.06. The Hall–Kier alpha value is -2.57. The molecule has 0 aliphatic carbocycles.